The minimum atomic E-state index is -0.927. The van der Waals surface area contributed by atoms with Crippen LogP contribution in [0, 0.1) is 28.9 Å². The molecule has 5 nitrogen and oxygen atoms in total. The minimum absolute atomic E-state index is 0.0683. The summed E-state index contributed by atoms with van der Waals surface area (Å²) in [6.07, 6.45) is 5.15. The number of anilines is 1. The molecule has 0 radical (unpaired) electrons. The number of hydrogen-bond donors (Lipinski definition) is 1. The zero-order chi connectivity index (χ0) is 24.7. The monoisotopic (exact) mass is 476 g/mol. The van der Waals surface area contributed by atoms with Crippen LogP contribution in [0.5, 0.6) is 0 Å². The summed E-state index contributed by atoms with van der Waals surface area (Å²) < 4.78 is 33.1. The number of aliphatic hydroxyl groups is 1. The van der Waals surface area contributed by atoms with Gasteiger partial charge in [0.25, 0.3) is 0 Å². The van der Waals surface area contributed by atoms with Crippen molar-refractivity contribution in [2.24, 2.45) is 17.3 Å². The molecule has 0 aromatic heterocycles. The second-order valence-corrected chi connectivity index (χ2v) is 10.8. The molecule has 1 saturated heterocycles. The SMILES string of the molecule is CC(=O)O[C@@H]1C[C@@]2(O)[C@H](C=C1C)CCC[C@]2(C)[C@H](C)CN1CCN(c2ccc(F)cc2F)CC1. The van der Waals surface area contributed by atoms with Gasteiger partial charge in [0.2, 0.25) is 0 Å². The first-order valence-corrected chi connectivity index (χ1v) is 12.5. The number of piperazine rings is 1. The van der Waals surface area contributed by atoms with Crippen LogP contribution in [0.15, 0.2) is 29.8 Å². The maximum absolute atomic E-state index is 14.2. The number of carbonyl (C=O) groups is 1. The van der Waals surface area contributed by atoms with E-state index in [0.29, 0.717) is 25.2 Å². The first-order chi connectivity index (χ1) is 16.0. The summed E-state index contributed by atoms with van der Waals surface area (Å²) in [5.74, 6) is -1.11. The molecule has 1 aromatic carbocycles. The summed E-state index contributed by atoms with van der Waals surface area (Å²) in [7, 11) is 0. The van der Waals surface area contributed by atoms with E-state index in [0.717, 1.165) is 50.5 Å². The van der Waals surface area contributed by atoms with Gasteiger partial charge in [0.15, 0.2) is 0 Å². The fraction of sp³-hybridized carbons (Fsp3) is 0.667. The van der Waals surface area contributed by atoms with Gasteiger partial charge in [0.1, 0.15) is 17.7 Å². The summed E-state index contributed by atoms with van der Waals surface area (Å²) in [6.45, 7) is 11.6. The summed E-state index contributed by atoms with van der Waals surface area (Å²) in [5.41, 5.74) is 0.243. The molecule has 2 fully saturated rings. The van der Waals surface area contributed by atoms with Gasteiger partial charge >= 0.3 is 5.97 Å². The third-order valence-corrected chi connectivity index (χ3v) is 8.83. The standard InChI is InChI=1S/C27H38F2N2O3/c1-18-14-21-6-5-9-26(4,27(21,33)16-25(18)34-20(3)32)19(2)17-30-10-12-31(13-11-30)24-8-7-22(28)15-23(24)29/h7-8,14-15,19,21,25,33H,5-6,9-13,16-17H2,1-4H3/t19-,21+,25-,26-,27-/m1/s1. The molecule has 0 unspecified atom stereocenters. The molecule has 5 atom stereocenters. The van der Waals surface area contributed by atoms with Gasteiger partial charge in [0.05, 0.1) is 11.3 Å². The van der Waals surface area contributed by atoms with E-state index in [4.69, 9.17) is 4.74 Å². The number of halogens is 2. The molecule has 1 N–H and O–H groups in total. The molecule has 4 rings (SSSR count). The van der Waals surface area contributed by atoms with E-state index in [1.54, 1.807) is 0 Å². The van der Waals surface area contributed by atoms with Crippen molar-refractivity contribution in [1.82, 2.24) is 4.90 Å². The first-order valence-electron chi connectivity index (χ1n) is 12.5. The lowest BCUT2D eigenvalue weighted by molar-refractivity contribution is -0.186. The van der Waals surface area contributed by atoms with Gasteiger partial charge in [-0.15, -0.1) is 0 Å². The number of fused-ring (bicyclic) bond motifs is 1. The van der Waals surface area contributed by atoms with Crippen LogP contribution in [-0.2, 0) is 9.53 Å². The van der Waals surface area contributed by atoms with E-state index in [-0.39, 0.29) is 29.3 Å². The largest absolute Gasteiger partial charge is 0.458 e. The van der Waals surface area contributed by atoms with Gasteiger partial charge in [-0.1, -0.05) is 26.3 Å². The Bertz CT molecular complexity index is 946. The van der Waals surface area contributed by atoms with Crippen molar-refractivity contribution in [3.63, 3.8) is 0 Å². The highest BCUT2D eigenvalue weighted by molar-refractivity contribution is 5.66. The topological polar surface area (TPSA) is 53.0 Å². The summed E-state index contributed by atoms with van der Waals surface area (Å²) >= 11 is 0. The molecular weight excluding hydrogens is 438 g/mol. The Balaban J connectivity index is 1.44. The van der Waals surface area contributed by atoms with E-state index in [9.17, 15) is 18.7 Å². The lowest BCUT2D eigenvalue weighted by atomic mass is 9.51. The minimum Gasteiger partial charge on any atom is -0.458 e. The molecule has 7 heteroatoms. The van der Waals surface area contributed by atoms with Crippen LogP contribution in [-0.4, -0.2) is 60.4 Å². The Hall–Kier alpha value is -1.99. The number of benzene rings is 1. The van der Waals surface area contributed by atoms with E-state index in [2.05, 4.69) is 24.8 Å². The van der Waals surface area contributed by atoms with Gasteiger partial charge in [-0.05, 0) is 43.4 Å². The van der Waals surface area contributed by atoms with Crippen LogP contribution in [0.2, 0.25) is 0 Å². The zero-order valence-corrected chi connectivity index (χ0v) is 20.8. The van der Waals surface area contributed by atoms with Crippen LogP contribution in [0.4, 0.5) is 14.5 Å². The molecule has 1 aromatic rings. The Labute approximate surface area is 201 Å². The van der Waals surface area contributed by atoms with Crippen molar-refractivity contribution in [3.8, 4) is 0 Å². The number of nitrogens with zero attached hydrogens (tertiary/aromatic N) is 2. The zero-order valence-electron chi connectivity index (χ0n) is 20.8. The Morgan fingerprint density at radius 1 is 1.26 bits per heavy atom. The molecule has 2 aliphatic carbocycles. The van der Waals surface area contributed by atoms with Crippen molar-refractivity contribution in [2.45, 2.75) is 65.1 Å². The fourth-order valence-electron chi connectivity index (χ4n) is 6.55. The lowest BCUT2D eigenvalue weighted by Crippen LogP contribution is -2.62. The van der Waals surface area contributed by atoms with E-state index >= 15 is 0 Å². The molecule has 0 amide bonds. The smallest absolute Gasteiger partial charge is 0.303 e. The first kappa shape index (κ1) is 25.1. The normalized spacial score (nSPS) is 33.1. The molecule has 0 bridgehead atoms. The van der Waals surface area contributed by atoms with Gasteiger partial charge < -0.3 is 14.7 Å². The van der Waals surface area contributed by atoms with Gasteiger partial charge in [0, 0.05) is 63.5 Å². The second-order valence-electron chi connectivity index (χ2n) is 10.8. The summed E-state index contributed by atoms with van der Waals surface area (Å²) in [4.78, 5) is 16.0. The molecule has 0 spiro atoms. The molecular formula is C27H38F2N2O3. The third kappa shape index (κ3) is 4.61. The number of rotatable bonds is 5. The van der Waals surface area contributed by atoms with Crippen molar-refractivity contribution < 1.29 is 23.4 Å². The predicted octanol–water partition coefficient (Wildman–Crippen LogP) is 4.54. The van der Waals surface area contributed by atoms with Crippen molar-refractivity contribution >= 4 is 11.7 Å². The highest BCUT2D eigenvalue weighted by Gasteiger charge is 2.58. The quantitative estimate of drug-likeness (QED) is 0.500. The van der Waals surface area contributed by atoms with Gasteiger partial charge in [-0.2, -0.15) is 0 Å². The number of carbonyl (C=O) groups excluding carboxylic acids is 1. The van der Waals surface area contributed by atoms with E-state index < -0.39 is 17.2 Å². The van der Waals surface area contributed by atoms with Crippen LogP contribution in [0.3, 0.4) is 0 Å². The average molecular weight is 477 g/mol. The van der Waals surface area contributed by atoms with Crippen LogP contribution >= 0.6 is 0 Å². The molecule has 1 heterocycles. The maximum atomic E-state index is 14.2. The predicted molar refractivity (Wildman–Crippen MR) is 129 cm³/mol. The average Bonchev–Trinajstić information content (AvgIpc) is 2.76. The van der Waals surface area contributed by atoms with Gasteiger partial charge in [-0.25, -0.2) is 8.78 Å². The maximum Gasteiger partial charge on any atom is 0.303 e. The molecule has 188 valence electrons. The summed E-state index contributed by atoms with van der Waals surface area (Å²) in [6, 6.07) is 3.76. The number of esters is 1. The highest BCUT2D eigenvalue weighted by atomic mass is 19.1. The lowest BCUT2D eigenvalue weighted by Gasteiger charge is -2.58. The van der Waals surface area contributed by atoms with Crippen molar-refractivity contribution in [3.05, 3.63) is 41.5 Å². The summed E-state index contributed by atoms with van der Waals surface area (Å²) in [5, 5.41) is 12.1. The van der Waals surface area contributed by atoms with Crippen molar-refractivity contribution in [1.29, 1.82) is 0 Å². The van der Waals surface area contributed by atoms with Crippen LogP contribution in [0.1, 0.15) is 53.4 Å². The molecule has 1 aliphatic heterocycles. The third-order valence-electron chi connectivity index (χ3n) is 8.83. The Kier molecular flexibility index (Phi) is 7.07. The van der Waals surface area contributed by atoms with Crippen LogP contribution in [0.25, 0.3) is 0 Å². The van der Waals surface area contributed by atoms with E-state index in [1.807, 2.05) is 11.8 Å². The van der Waals surface area contributed by atoms with E-state index in [1.165, 1.54) is 19.1 Å². The number of hydrogen-bond acceptors (Lipinski definition) is 5. The highest BCUT2D eigenvalue weighted by Crippen LogP contribution is 2.56. The molecule has 1 saturated carbocycles. The molecule has 3 aliphatic rings. The Morgan fingerprint density at radius 3 is 2.62 bits per heavy atom. The second kappa shape index (κ2) is 9.57. The number of ether oxygens (including phenoxy) is 1. The van der Waals surface area contributed by atoms with Crippen LogP contribution < -0.4 is 4.90 Å². The van der Waals surface area contributed by atoms with Crippen molar-refractivity contribution in [2.75, 3.05) is 37.6 Å². The fourth-order valence-corrected chi connectivity index (χ4v) is 6.55. The van der Waals surface area contributed by atoms with Gasteiger partial charge in [-0.3, -0.25) is 9.69 Å². The molecule has 34 heavy (non-hydrogen) atoms. The Morgan fingerprint density at radius 2 is 1.97 bits per heavy atom.